The molecule has 5 heteroatoms. The number of likely N-dealkylation sites (tertiary alicyclic amines) is 1. The van der Waals surface area contributed by atoms with E-state index in [0.29, 0.717) is 13.1 Å². The molecule has 2 rings (SSSR count). The normalized spacial score (nSPS) is 20.7. The first-order valence-electron chi connectivity index (χ1n) is 5.03. The average Bonchev–Trinajstić information content (AvgIpc) is 2.80. The van der Waals surface area contributed by atoms with Gasteiger partial charge in [-0.05, 0) is 25.7 Å². The number of carbonyl (C=O) groups excluding carboxylic acids is 2. The van der Waals surface area contributed by atoms with Crippen molar-refractivity contribution in [3.05, 3.63) is 0 Å². The molecule has 1 heterocycles. The van der Waals surface area contributed by atoms with Crippen LogP contribution in [0.2, 0.25) is 0 Å². The minimum atomic E-state index is -0.607. The van der Waals surface area contributed by atoms with Crippen LogP contribution in [0.1, 0.15) is 25.7 Å². The van der Waals surface area contributed by atoms with Crippen LogP contribution < -0.4 is 5.32 Å². The topological polar surface area (TPSA) is 58.6 Å². The Morgan fingerprint density at radius 1 is 1.21 bits per heavy atom. The number of rotatable bonds is 1. The number of hydrogen-bond acceptors (Lipinski definition) is 3. The molecule has 1 N–H and O–H groups in total. The fourth-order valence-electron chi connectivity index (χ4n) is 1.47. The van der Waals surface area contributed by atoms with Gasteiger partial charge in [0, 0.05) is 19.1 Å². The molecule has 0 radical (unpaired) electrons. The van der Waals surface area contributed by atoms with Crippen molar-refractivity contribution in [1.29, 1.82) is 0 Å². The van der Waals surface area contributed by atoms with Crippen molar-refractivity contribution in [3.63, 3.8) is 0 Å². The highest BCUT2D eigenvalue weighted by Crippen LogP contribution is 2.18. The Morgan fingerprint density at radius 2 is 1.86 bits per heavy atom. The van der Waals surface area contributed by atoms with Gasteiger partial charge in [-0.2, -0.15) is 0 Å². The van der Waals surface area contributed by atoms with E-state index in [1.165, 1.54) is 0 Å². The van der Waals surface area contributed by atoms with Crippen molar-refractivity contribution < 1.29 is 14.3 Å². The highest BCUT2D eigenvalue weighted by molar-refractivity contribution is 5.83. The molecule has 0 aromatic rings. The summed E-state index contributed by atoms with van der Waals surface area (Å²) < 4.78 is 4.62. The lowest BCUT2D eigenvalue weighted by molar-refractivity contribution is 0.124. The predicted octanol–water partition coefficient (Wildman–Crippen LogP) is 1.09. The van der Waals surface area contributed by atoms with E-state index >= 15 is 0 Å². The molecule has 1 saturated carbocycles. The van der Waals surface area contributed by atoms with E-state index in [0.717, 1.165) is 25.7 Å². The van der Waals surface area contributed by atoms with Crippen LogP contribution in [0.25, 0.3) is 0 Å². The van der Waals surface area contributed by atoms with Gasteiger partial charge in [0.25, 0.3) is 0 Å². The van der Waals surface area contributed by atoms with E-state index in [1.54, 1.807) is 4.90 Å². The van der Waals surface area contributed by atoms with Gasteiger partial charge in [0.1, 0.15) is 0 Å². The molecule has 5 nitrogen and oxygen atoms in total. The lowest BCUT2D eigenvalue weighted by Gasteiger charge is -2.13. The second kappa shape index (κ2) is 3.86. The van der Waals surface area contributed by atoms with Crippen LogP contribution >= 0.6 is 0 Å². The molecule has 2 aliphatic rings. The Morgan fingerprint density at radius 3 is 2.43 bits per heavy atom. The summed E-state index contributed by atoms with van der Waals surface area (Å²) in [5, 5.41) is 2.60. The highest BCUT2D eigenvalue weighted by Gasteiger charge is 2.27. The maximum atomic E-state index is 11.3. The number of alkyl carbamates (subject to hydrolysis) is 1. The smallest absolute Gasteiger partial charge is 0.359 e. The van der Waals surface area contributed by atoms with Crippen molar-refractivity contribution in [2.24, 2.45) is 0 Å². The summed E-state index contributed by atoms with van der Waals surface area (Å²) in [6.45, 7) is 1.41. The molecule has 1 aliphatic heterocycles. The van der Waals surface area contributed by atoms with E-state index in [1.807, 2.05) is 0 Å². The Labute approximate surface area is 82.4 Å². The fourth-order valence-corrected chi connectivity index (χ4v) is 1.47. The quantitative estimate of drug-likeness (QED) is 0.641. The SMILES string of the molecule is O=C(NC1CC1)OC(=O)N1CCCC1. The maximum Gasteiger partial charge on any atom is 0.418 e. The summed E-state index contributed by atoms with van der Waals surface area (Å²) in [7, 11) is 0. The molecule has 2 fully saturated rings. The number of hydrogen-bond donors (Lipinski definition) is 1. The molecule has 14 heavy (non-hydrogen) atoms. The van der Waals surface area contributed by atoms with Gasteiger partial charge in [-0.1, -0.05) is 0 Å². The molecular formula is C9H14N2O3. The van der Waals surface area contributed by atoms with Gasteiger partial charge in [-0.15, -0.1) is 0 Å². The van der Waals surface area contributed by atoms with Gasteiger partial charge >= 0.3 is 12.2 Å². The predicted molar refractivity (Wildman–Crippen MR) is 48.8 cm³/mol. The molecule has 1 saturated heterocycles. The van der Waals surface area contributed by atoms with Crippen LogP contribution in [-0.4, -0.2) is 36.2 Å². The second-order valence-corrected chi connectivity index (χ2v) is 3.77. The Balaban J connectivity index is 1.71. The molecule has 0 aromatic heterocycles. The minimum absolute atomic E-state index is 0.230. The Bertz CT molecular complexity index is 244. The largest absolute Gasteiger partial charge is 0.418 e. The van der Waals surface area contributed by atoms with Gasteiger partial charge in [-0.3, -0.25) is 0 Å². The van der Waals surface area contributed by atoms with Crippen molar-refractivity contribution in [2.75, 3.05) is 13.1 Å². The molecule has 0 atom stereocenters. The van der Waals surface area contributed by atoms with Crippen molar-refractivity contribution in [1.82, 2.24) is 10.2 Å². The zero-order chi connectivity index (χ0) is 9.97. The molecule has 0 bridgehead atoms. The highest BCUT2D eigenvalue weighted by atomic mass is 16.6. The third-order valence-electron chi connectivity index (χ3n) is 2.44. The fraction of sp³-hybridized carbons (Fsp3) is 0.778. The summed E-state index contributed by atoms with van der Waals surface area (Å²) in [5.41, 5.74) is 0. The maximum absolute atomic E-state index is 11.3. The number of nitrogens with zero attached hydrogens (tertiary/aromatic N) is 1. The standard InChI is InChI=1S/C9H14N2O3/c12-8(10-7-3-4-7)14-9(13)11-5-1-2-6-11/h7H,1-6H2,(H,10,12). The summed E-state index contributed by atoms with van der Waals surface area (Å²) >= 11 is 0. The molecular weight excluding hydrogens is 184 g/mol. The van der Waals surface area contributed by atoms with E-state index in [2.05, 4.69) is 10.1 Å². The number of ether oxygens (including phenoxy) is 1. The monoisotopic (exact) mass is 198 g/mol. The molecule has 78 valence electrons. The van der Waals surface area contributed by atoms with E-state index in [-0.39, 0.29) is 6.04 Å². The Hall–Kier alpha value is -1.26. The van der Waals surface area contributed by atoms with Crippen LogP contribution in [0, 0.1) is 0 Å². The van der Waals surface area contributed by atoms with Crippen molar-refractivity contribution in [3.8, 4) is 0 Å². The van der Waals surface area contributed by atoms with Crippen molar-refractivity contribution in [2.45, 2.75) is 31.7 Å². The average molecular weight is 198 g/mol. The van der Waals surface area contributed by atoms with Gasteiger partial charge < -0.3 is 15.0 Å². The lowest BCUT2D eigenvalue weighted by Crippen LogP contribution is -2.35. The summed E-state index contributed by atoms with van der Waals surface area (Å²) in [4.78, 5) is 23.9. The second-order valence-electron chi connectivity index (χ2n) is 3.77. The van der Waals surface area contributed by atoms with Crippen LogP contribution in [0.4, 0.5) is 9.59 Å². The molecule has 0 spiro atoms. The summed E-state index contributed by atoms with van der Waals surface area (Å²) in [6, 6.07) is 0.230. The number of nitrogens with one attached hydrogen (secondary N) is 1. The van der Waals surface area contributed by atoms with Gasteiger partial charge in [-0.25, -0.2) is 9.59 Å². The molecule has 0 unspecified atom stereocenters. The molecule has 1 aliphatic carbocycles. The third-order valence-corrected chi connectivity index (χ3v) is 2.44. The first-order chi connectivity index (χ1) is 6.75. The summed E-state index contributed by atoms with van der Waals surface area (Å²) in [5.74, 6) is 0. The summed E-state index contributed by atoms with van der Waals surface area (Å²) in [6.07, 6.45) is 2.86. The number of carbonyl (C=O) groups is 2. The minimum Gasteiger partial charge on any atom is -0.359 e. The zero-order valence-corrected chi connectivity index (χ0v) is 7.99. The van der Waals surface area contributed by atoms with E-state index < -0.39 is 12.2 Å². The van der Waals surface area contributed by atoms with Gasteiger partial charge in [0.05, 0.1) is 0 Å². The molecule has 2 amide bonds. The lowest BCUT2D eigenvalue weighted by atomic mass is 10.4. The number of amides is 2. The van der Waals surface area contributed by atoms with E-state index in [9.17, 15) is 9.59 Å². The van der Waals surface area contributed by atoms with Crippen LogP contribution in [0.3, 0.4) is 0 Å². The Kier molecular flexibility index (Phi) is 2.56. The first kappa shape index (κ1) is 9.30. The van der Waals surface area contributed by atoms with Crippen LogP contribution in [-0.2, 0) is 4.74 Å². The van der Waals surface area contributed by atoms with Gasteiger partial charge in [0.15, 0.2) is 0 Å². The van der Waals surface area contributed by atoms with Crippen LogP contribution in [0.5, 0.6) is 0 Å². The zero-order valence-electron chi connectivity index (χ0n) is 7.99. The third kappa shape index (κ3) is 2.37. The first-order valence-corrected chi connectivity index (χ1v) is 5.03. The van der Waals surface area contributed by atoms with Gasteiger partial charge in [0.2, 0.25) is 0 Å². The molecule has 0 aromatic carbocycles. The van der Waals surface area contributed by atoms with Crippen LogP contribution in [0.15, 0.2) is 0 Å². The van der Waals surface area contributed by atoms with Crippen molar-refractivity contribution >= 4 is 12.2 Å². The van der Waals surface area contributed by atoms with E-state index in [4.69, 9.17) is 0 Å².